The molecule has 26 heavy (non-hydrogen) atoms. The van der Waals surface area contributed by atoms with Gasteiger partial charge in [-0.25, -0.2) is 8.78 Å². The second kappa shape index (κ2) is 7.51. The molecule has 1 heterocycles. The summed E-state index contributed by atoms with van der Waals surface area (Å²) in [6, 6.07) is 10.1. The zero-order chi connectivity index (χ0) is 18.7. The summed E-state index contributed by atoms with van der Waals surface area (Å²) in [5.41, 5.74) is 1.02. The molecule has 0 bridgehead atoms. The maximum absolute atomic E-state index is 13.2. The monoisotopic (exact) mass is 360 g/mol. The third kappa shape index (κ3) is 3.99. The summed E-state index contributed by atoms with van der Waals surface area (Å²) >= 11 is 0. The number of carbonyl (C=O) groups is 2. The molecule has 1 fully saturated rings. The minimum Gasteiger partial charge on any atom is -0.497 e. The second-order valence-electron chi connectivity index (χ2n) is 6.10. The van der Waals surface area contributed by atoms with Crippen LogP contribution >= 0.6 is 0 Å². The van der Waals surface area contributed by atoms with Crippen molar-refractivity contribution >= 4 is 17.5 Å². The van der Waals surface area contributed by atoms with Gasteiger partial charge in [0.05, 0.1) is 13.0 Å². The Morgan fingerprint density at radius 3 is 2.46 bits per heavy atom. The molecular weight excluding hydrogens is 342 g/mol. The summed E-state index contributed by atoms with van der Waals surface area (Å²) < 4.78 is 31.5. The summed E-state index contributed by atoms with van der Waals surface area (Å²) in [4.78, 5) is 26.1. The Hall–Kier alpha value is -2.96. The van der Waals surface area contributed by atoms with Crippen LogP contribution in [0.1, 0.15) is 12.0 Å². The molecule has 0 radical (unpaired) electrons. The number of ether oxygens (including phenoxy) is 1. The van der Waals surface area contributed by atoms with Gasteiger partial charge in [-0.2, -0.15) is 0 Å². The van der Waals surface area contributed by atoms with Gasteiger partial charge in [-0.05, 0) is 42.0 Å². The first-order valence-corrected chi connectivity index (χ1v) is 8.13. The zero-order valence-corrected chi connectivity index (χ0v) is 14.2. The minimum absolute atomic E-state index is 0.000734. The Morgan fingerprint density at radius 2 is 1.85 bits per heavy atom. The van der Waals surface area contributed by atoms with Crippen LogP contribution in [0.2, 0.25) is 0 Å². The molecule has 0 spiro atoms. The molecule has 2 amide bonds. The molecule has 7 heteroatoms. The van der Waals surface area contributed by atoms with Gasteiger partial charge in [0.2, 0.25) is 11.8 Å². The number of halogens is 2. The first-order valence-electron chi connectivity index (χ1n) is 8.13. The van der Waals surface area contributed by atoms with Crippen LogP contribution in [0.5, 0.6) is 5.75 Å². The Morgan fingerprint density at radius 1 is 1.19 bits per heavy atom. The van der Waals surface area contributed by atoms with E-state index in [9.17, 15) is 18.4 Å². The van der Waals surface area contributed by atoms with Gasteiger partial charge in [0.25, 0.3) is 0 Å². The van der Waals surface area contributed by atoms with Gasteiger partial charge in [0, 0.05) is 31.3 Å². The minimum atomic E-state index is -0.698. The molecule has 0 aliphatic carbocycles. The summed E-state index contributed by atoms with van der Waals surface area (Å²) in [5, 5.41) is 2.63. The van der Waals surface area contributed by atoms with E-state index in [1.54, 1.807) is 36.3 Å². The van der Waals surface area contributed by atoms with Crippen molar-refractivity contribution in [2.45, 2.75) is 13.0 Å². The third-order valence-electron chi connectivity index (χ3n) is 4.27. The van der Waals surface area contributed by atoms with E-state index in [1.165, 1.54) is 0 Å². The lowest BCUT2D eigenvalue weighted by Gasteiger charge is -2.17. The van der Waals surface area contributed by atoms with Crippen LogP contribution in [0.25, 0.3) is 0 Å². The Kier molecular flexibility index (Phi) is 5.16. The number of benzene rings is 2. The maximum Gasteiger partial charge on any atom is 0.227 e. The molecule has 2 aromatic carbocycles. The first kappa shape index (κ1) is 17.8. The van der Waals surface area contributed by atoms with Crippen molar-refractivity contribution in [2.24, 2.45) is 5.92 Å². The van der Waals surface area contributed by atoms with Crippen LogP contribution in [0.15, 0.2) is 42.5 Å². The van der Waals surface area contributed by atoms with E-state index >= 15 is 0 Å². The van der Waals surface area contributed by atoms with Crippen LogP contribution in [-0.2, 0) is 16.1 Å². The fourth-order valence-corrected chi connectivity index (χ4v) is 2.94. The van der Waals surface area contributed by atoms with Crippen molar-refractivity contribution in [1.82, 2.24) is 5.32 Å². The van der Waals surface area contributed by atoms with Gasteiger partial charge in [0.1, 0.15) is 17.4 Å². The van der Waals surface area contributed by atoms with E-state index in [2.05, 4.69) is 5.32 Å². The average Bonchev–Trinajstić information content (AvgIpc) is 3.01. The van der Waals surface area contributed by atoms with Crippen molar-refractivity contribution in [3.63, 3.8) is 0 Å². The van der Waals surface area contributed by atoms with Crippen LogP contribution in [-0.4, -0.2) is 25.5 Å². The highest BCUT2D eigenvalue weighted by molar-refractivity contribution is 6.00. The number of anilines is 1. The fraction of sp³-hybridized carbons (Fsp3) is 0.263. The molecule has 1 saturated heterocycles. The van der Waals surface area contributed by atoms with E-state index in [4.69, 9.17) is 4.74 Å². The largest absolute Gasteiger partial charge is 0.497 e. The van der Waals surface area contributed by atoms with Gasteiger partial charge in [-0.3, -0.25) is 9.59 Å². The van der Waals surface area contributed by atoms with Gasteiger partial charge >= 0.3 is 0 Å². The number of methoxy groups -OCH3 is 1. The highest BCUT2D eigenvalue weighted by atomic mass is 19.1. The maximum atomic E-state index is 13.2. The molecule has 1 aliphatic rings. The number of nitrogens with one attached hydrogen (secondary N) is 1. The van der Waals surface area contributed by atoms with Crippen molar-refractivity contribution in [1.29, 1.82) is 0 Å². The number of carbonyl (C=O) groups excluding carboxylic acids is 2. The molecule has 1 aliphatic heterocycles. The SMILES string of the molecule is COc1ccc(N2CC(C(=O)NCc3cc(F)cc(F)c3)CC2=O)cc1. The summed E-state index contributed by atoms with van der Waals surface area (Å²) in [7, 11) is 1.56. The molecular formula is C19H18F2N2O3. The number of rotatable bonds is 5. The average molecular weight is 360 g/mol. The molecule has 1 atom stereocenters. The predicted octanol–water partition coefficient (Wildman–Crippen LogP) is 2.64. The molecule has 0 aromatic heterocycles. The number of amides is 2. The van der Waals surface area contributed by atoms with Crippen LogP contribution in [0, 0.1) is 17.6 Å². The van der Waals surface area contributed by atoms with E-state index in [0.29, 0.717) is 17.0 Å². The fourth-order valence-electron chi connectivity index (χ4n) is 2.94. The zero-order valence-electron chi connectivity index (χ0n) is 14.2. The third-order valence-corrected chi connectivity index (χ3v) is 4.27. The molecule has 1 N–H and O–H groups in total. The molecule has 0 saturated carbocycles. The van der Waals surface area contributed by atoms with Crippen molar-refractivity contribution in [2.75, 3.05) is 18.6 Å². The first-order chi connectivity index (χ1) is 12.5. The Bertz CT molecular complexity index is 804. The highest BCUT2D eigenvalue weighted by Gasteiger charge is 2.35. The van der Waals surface area contributed by atoms with E-state index in [0.717, 1.165) is 18.2 Å². The van der Waals surface area contributed by atoms with E-state index in [1.807, 2.05) is 0 Å². The van der Waals surface area contributed by atoms with Gasteiger partial charge in [-0.1, -0.05) is 0 Å². The van der Waals surface area contributed by atoms with Crippen LogP contribution < -0.4 is 15.0 Å². The second-order valence-corrected chi connectivity index (χ2v) is 6.10. The smallest absolute Gasteiger partial charge is 0.227 e. The number of hydrogen-bond donors (Lipinski definition) is 1. The number of nitrogens with zero attached hydrogens (tertiary/aromatic N) is 1. The van der Waals surface area contributed by atoms with Gasteiger partial charge < -0.3 is 15.0 Å². The summed E-state index contributed by atoms with van der Waals surface area (Å²) in [6.07, 6.45) is 0.0926. The van der Waals surface area contributed by atoms with Crippen LogP contribution in [0.4, 0.5) is 14.5 Å². The van der Waals surface area contributed by atoms with Crippen molar-refractivity contribution in [3.05, 3.63) is 59.7 Å². The van der Waals surface area contributed by atoms with Gasteiger partial charge in [0.15, 0.2) is 0 Å². The van der Waals surface area contributed by atoms with Crippen LogP contribution in [0.3, 0.4) is 0 Å². The van der Waals surface area contributed by atoms with Crippen molar-refractivity contribution < 1.29 is 23.1 Å². The summed E-state index contributed by atoms with van der Waals surface area (Å²) in [5.74, 6) is -1.70. The lowest BCUT2D eigenvalue weighted by molar-refractivity contribution is -0.126. The van der Waals surface area contributed by atoms with Crippen molar-refractivity contribution in [3.8, 4) is 5.75 Å². The standard InChI is InChI=1S/C19H18F2N2O3/c1-26-17-4-2-16(3-5-17)23-11-13(8-18(23)24)19(25)22-10-12-6-14(20)9-15(21)7-12/h2-7,9,13H,8,10-11H2,1H3,(H,22,25). The van der Waals surface area contributed by atoms with E-state index in [-0.39, 0.29) is 31.3 Å². The summed E-state index contributed by atoms with van der Waals surface area (Å²) in [6.45, 7) is 0.259. The number of hydrogen-bond acceptors (Lipinski definition) is 3. The predicted molar refractivity (Wildman–Crippen MR) is 91.7 cm³/mol. The van der Waals surface area contributed by atoms with E-state index < -0.39 is 17.6 Å². The quantitative estimate of drug-likeness (QED) is 0.892. The Balaban J connectivity index is 1.61. The Labute approximate surface area is 149 Å². The normalized spacial score (nSPS) is 16.7. The molecule has 5 nitrogen and oxygen atoms in total. The highest BCUT2D eigenvalue weighted by Crippen LogP contribution is 2.27. The molecule has 2 aromatic rings. The van der Waals surface area contributed by atoms with Gasteiger partial charge in [-0.15, -0.1) is 0 Å². The molecule has 1 unspecified atom stereocenters. The lowest BCUT2D eigenvalue weighted by atomic mass is 10.1. The molecule has 3 rings (SSSR count). The lowest BCUT2D eigenvalue weighted by Crippen LogP contribution is -2.32. The molecule has 136 valence electrons. The topological polar surface area (TPSA) is 58.6 Å².